The van der Waals surface area contributed by atoms with Gasteiger partial charge in [-0.1, -0.05) is 0 Å². The topological polar surface area (TPSA) is 109 Å². The van der Waals surface area contributed by atoms with Gasteiger partial charge in [-0.25, -0.2) is 4.79 Å². The largest absolute Gasteiger partial charge is 1.00 e. The first-order valence-corrected chi connectivity index (χ1v) is 4.11. The van der Waals surface area contributed by atoms with Crippen molar-refractivity contribution in [3.05, 3.63) is 29.8 Å². The van der Waals surface area contributed by atoms with Crippen molar-refractivity contribution in [3.8, 4) is 0 Å². The Bertz CT molecular complexity index is 290. The van der Waals surface area contributed by atoms with E-state index in [1.807, 2.05) is 0 Å². The fraction of sp³-hybridized carbons (Fsp3) is 0. The summed E-state index contributed by atoms with van der Waals surface area (Å²) in [5.74, 6) is -1.07. The van der Waals surface area contributed by atoms with E-state index in [0.717, 1.165) is 0 Å². The first kappa shape index (κ1) is 16.2. The van der Waals surface area contributed by atoms with E-state index in [0.29, 0.717) is 0 Å². The van der Waals surface area contributed by atoms with E-state index in [-0.39, 0.29) is 45.5 Å². The van der Waals surface area contributed by atoms with Gasteiger partial charge in [0, 0.05) is 4.90 Å². The minimum absolute atomic E-state index is 0. The summed E-state index contributed by atoms with van der Waals surface area (Å²) in [5, 5.41) is 8.46. The molecule has 0 aromatic heterocycles. The monoisotopic (exact) mass is 226 g/mol. The van der Waals surface area contributed by atoms with Gasteiger partial charge in [0.25, 0.3) is 0 Å². The summed E-state index contributed by atoms with van der Waals surface area (Å²) in [5.41, 5.74) is 0.0733. The van der Waals surface area contributed by atoms with Crippen LogP contribution in [-0.2, 0) is 11.1 Å². The Morgan fingerprint density at radius 3 is 2.00 bits per heavy atom. The van der Waals surface area contributed by atoms with Crippen molar-refractivity contribution in [2.75, 3.05) is 0 Å². The van der Waals surface area contributed by atoms with Gasteiger partial charge < -0.3 is 15.1 Å². The smallest absolute Gasteiger partial charge is 0.768 e. The zero-order valence-corrected chi connectivity index (χ0v) is 10.2. The number of rotatable bonds is 2. The number of carboxylic acid groups (broad SMARTS) is 1. The van der Waals surface area contributed by atoms with Crippen LogP contribution in [-0.4, -0.2) is 25.3 Å². The molecule has 0 saturated heterocycles. The quantitative estimate of drug-likeness (QED) is 0.423. The molecule has 1 unspecified atom stereocenters. The van der Waals surface area contributed by atoms with Crippen molar-refractivity contribution in [1.29, 1.82) is 0 Å². The molecule has 3 N–H and O–H groups in total. The Labute approximate surface area is 105 Å². The average Bonchev–Trinajstić information content (AvgIpc) is 2.04. The fourth-order valence-corrected chi connectivity index (χ4v) is 1.07. The van der Waals surface area contributed by atoms with Crippen LogP contribution in [0.1, 0.15) is 10.4 Å². The van der Waals surface area contributed by atoms with Gasteiger partial charge in [0.05, 0.1) is 5.56 Å². The van der Waals surface area contributed by atoms with Gasteiger partial charge >= 0.3 is 35.5 Å². The summed E-state index contributed by atoms with van der Waals surface area (Å²) in [4.78, 5) is 10.4. The Hall–Kier alpha value is -0.240. The zero-order valence-electron chi connectivity index (χ0n) is 7.39. The molecule has 0 radical (unpaired) electrons. The molecule has 0 bridgehead atoms. The van der Waals surface area contributed by atoms with Crippen LogP contribution in [0.4, 0.5) is 0 Å². The number of carboxylic acids is 1. The van der Waals surface area contributed by atoms with Crippen molar-refractivity contribution in [3.63, 3.8) is 0 Å². The molecular formula is C7H7NaO5S. The average molecular weight is 226 g/mol. The molecule has 0 fully saturated rings. The molecule has 0 heterocycles. The van der Waals surface area contributed by atoms with Crippen LogP contribution >= 0.6 is 0 Å². The molecule has 0 spiro atoms. The van der Waals surface area contributed by atoms with E-state index < -0.39 is 17.0 Å². The van der Waals surface area contributed by atoms with E-state index in [4.69, 9.17) is 5.11 Å². The molecule has 72 valence electrons. The molecule has 0 aliphatic heterocycles. The standard InChI is InChI=1S/C7H6O4S.Na.H2O/c8-7(9)5-1-3-6(4-2-5)12(10)11;;/h1-4H,(H,8,9)(H,10,11);;1H2/q;+1;/p-1. The van der Waals surface area contributed by atoms with E-state index >= 15 is 0 Å². The Morgan fingerprint density at radius 2 is 1.71 bits per heavy atom. The minimum Gasteiger partial charge on any atom is -0.768 e. The molecule has 0 aliphatic rings. The zero-order chi connectivity index (χ0) is 9.14. The molecule has 7 heteroatoms. The summed E-state index contributed by atoms with van der Waals surface area (Å²) < 4.78 is 20.7. The molecule has 0 aliphatic carbocycles. The molecule has 1 atom stereocenters. The second-order valence-electron chi connectivity index (χ2n) is 2.06. The maximum absolute atomic E-state index is 10.3. The van der Waals surface area contributed by atoms with Gasteiger partial charge in [0.15, 0.2) is 0 Å². The van der Waals surface area contributed by atoms with Crippen LogP contribution in [0.25, 0.3) is 0 Å². The van der Waals surface area contributed by atoms with Crippen molar-refractivity contribution >= 4 is 17.0 Å². The summed E-state index contributed by atoms with van der Waals surface area (Å²) in [7, 11) is 0. The molecular weight excluding hydrogens is 219 g/mol. The Morgan fingerprint density at radius 1 is 1.29 bits per heavy atom. The third kappa shape index (κ3) is 4.32. The fourth-order valence-electron chi connectivity index (χ4n) is 0.709. The maximum Gasteiger partial charge on any atom is 1.00 e. The van der Waals surface area contributed by atoms with E-state index in [9.17, 15) is 13.6 Å². The molecule has 0 amide bonds. The van der Waals surface area contributed by atoms with Crippen LogP contribution in [0, 0.1) is 0 Å². The summed E-state index contributed by atoms with van der Waals surface area (Å²) in [6, 6.07) is 4.97. The van der Waals surface area contributed by atoms with Gasteiger partial charge in [-0.05, 0) is 35.3 Å². The molecule has 5 nitrogen and oxygen atoms in total. The predicted molar refractivity (Wildman–Crippen MR) is 44.2 cm³/mol. The minimum atomic E-state index is -2.29. The normalized spacial score (nSPS) is 10.6. The van der Waals surface area contributed by atoms with E-state index in [1.165, 1.54) is 24.3 Å². The molecule has 14 heavy (non-hydrogen) atoms. The number of hydrogen-bond acceptors (Lipinski definition) is 3. The number of benzene rings is 1. The molecule has 1 rings (SSSR count). The SMILES string of the molecule is O.O=C(O)c1ccc(S(=O)[O-])cc1.[Na+]. The number of carbonyl (C=O) groups is 1. The van der Waals surface area contributed by atoms with E-state index in [1.54, 1.807) is 0 Å². The van der Waals surface area contributed by atoms with Crippen molar-refractivity contribution < 1.29 is 53.7 Å². The van der Waals surface area contributed by atoms with Crippen LogP contribution in [0.15, 0.2) is 29.2 Å². The van der Waals surface area contributed by atoms with Gasteiger partial charge in [-0.3, -0.25) is 4.21 Å². The van der Waals surface area contributed by atoms with Gasteiger partial charge in [0.1, 0.15) is 0 Å². The van der Waals surface area contributed by atoms with Crippen molar-refractivity contribution in [1.82, 2.24) is 0 Å². The van der Waals surface area contributed by atoms with Gasteiger partial charge in [0.2, 0.25) is 0 Å². The summed E-state index contributed by atoms with van der Waals surface area (Å²) >= 11 is -2.29. The van der Waals surface area contributed by atoms with Crippen LogP contribution in [0.5, 0.6) is 0 Å². The Balaban J connectivity index is 0. The number of aromatic carboxylic acids is 1. The second-order valence-corrected chi connectivity index (χ2v) is 3.01. The van der Waals surface area contributed by atoms with Crippen molar-refractivity contribution in [2.24, 2.45) is 0 Å². The third-order valence-corrected chi connectivity index (χ3v) is 1.95. The first-order valence-electron chi connectivity index (χ1n) is 3.04. The molecule has 0 saturated carbocycles. The molecule has 1 aromatic rings. The summed E-state index contributed by atoms with van der Waals surface area (Å²) in [6.07, 6.45) is 0. The van der Waals surface area contributed by atoms with Gasteiger partial charge in [-0.2, -0.15) is 0 Å². The maximum atomic E-state index is 10.3. The Kier molecular flexibility index (Phi) is 8.22. The first-order chi connectivity index (χ1) is 5.61. The predicted octanol–water partition coefficient (Wildman–Crippen LogP) is -3.20. The van der Waals surface area contributed by atoms with E-state index in [2.05, 4.69) is 0 Å². The van der Waals surface area contributed by atoms with Crippen LogP contribution in [0.3, 0.4) is 0 Å². The van der Waals surface area contributed by atoms with Gasteiger partial charge in [-0.15, -0.1) is 0 Å². The second kappa shape index (κ2) is 7.10. The molecule has 1 aromatic carbocycles. The number of hydrogen-bond donors (Lipinski definition) is 1. The van der Waals surface area contributed by atoms with Crippen LogP contribution < -0.4 is 29.6 Å². The third-order valence-electron chi connectivity index (χ3n) is 1.29. The van der Waals surface area contributed by atoms with Crippen molar-refractivity contribution in [2.45, 2.75) is 4.90 Å². The summed E-state index contributed by atoms with van der Waals surface area (Å²) in [6.45, 7) is 0. The van der Waals surface area contributed by atoms with Crippen LogP contribution in [0.2, 0.25) is 0 Å².